The lowest BCUT2D eigenvalue weighted by atomic mass is 10.0. The lowest BCUT2D eigenvalue weighted by Gasteiger charge is -2.09. The quantitative estimate of drug-likeness (QED) is 0.564. The molecule has 126 valence electrons. The minimum atomic E-state index is -1.11. The molecule has 0 bridgehead atoms. The number of nitrogens with zero attached hydrogens (tertiary/aromatic N) is 1. The van der Waals surface area contributed by atoms with Crippen LogP contribution in [0.3, 0.4) is 0 Å². The van der Waals surface area contributed by atoms with Crippen LogP contribution in [0.2, 0.25) is 0 Å². The Bertz CT molecular complexity index is 881. The standard InChI is InChI=1S/C18H12BrNO5/c19-15-5-6-16(25-10-17(21)22)13(8-15)7-14(9-20)11-1-3-12(4-2-11)18(23)24/h1-8H,10H2,(H,21,22)(H,23,24). The largest absolute Gasteiger partial charge is 0.481 e. The van der Waals surface area contributed by atoms with Gasteiger partial charge in [-0.05, 0) is 42.0 Å². The van der Waals surface area contributed by atoms with Crippen LogP contribution in [0.4, 0.5) is 0 Å². The smallest absolute Gasteiger partial charge is 0.341 e. The number of hydrogen-bond donors (Lipinski definition) is 2. The SMILES string of the molecule is N#CC(=Cc1cc(Br)ccc1OCC(=O)O)c1ccc(C(=O)O)cc1. The van der Waals surface area contributed by atoms with Gasteiger partial charge in [-0.3, -0.25) is 0 Å². The molecule has 2 rings (SSSR count). The number of rotatable bonds is 6. The van der Waals surface area contributed by atoms with Gasteiger partial charge in [0.15, 0.2) is 6.61 Å². The van der Waals surface area contributed by atoms with E-state index >= 15 is 0 Å². The van der Waals surface area contributed by atoms with E-state index in [2.05, 4.69) is 22.0 Å². The Hall–Kier alpha value is -3.11. The second kappa shape index (κ2) is 8.13. The molecule has 0 heterocycles. The average Bonchev–Trinajstić information content (AvgIpc) is 2.58. The number of carboxylic acids is 2. The number of nitriles is 1. The Morgan fingerprint density at radius 2 is 1.76 bits per heavy atom. The van der Waals surface area contributed by atoms with E-state index in [4.69, 9.17) is 14.9 Å². The van der Waals surface area contributed by atoms with Gasteiger partial charge in [0.05, 0.1) is 17.2 Å². The van der Waals surface area contributed by atoms with Crippen molar-refractivity contribution in [3.63, 3.8) is 0 Å². The summed E-state index contributed by atoms with van der Waals surface area (Å²) in [7, 11) is 0. The van der Waals surface area contributed by atoms with E-state index in [1.165, 1.54) is 24.3 Å². The molecule has 0 saturated carbocycles. The highest BCUT2D eigenvalue weighted by Crippen LogP contribution is 2.28. The highest BCUT2D eigenvalue weighted by atomic mass is 79.9. The third-order valence-corrected chi connectivity index (χ3v) is 3.68. The van der Waals surface area contributed by atoms with Crippen LogP contribution in [0.15, 0.2) is 46.9 Å². The van der Waals surface area contributed by atoms with Gasteiger partial charge < -0.3 is 14.9 Å². The van der Waals surface area contributed by atoms with Crippen LogP contribution in [0.1, 0.15) is 21.5 Å². The minimum absolute atomic E-state index is 0.119. The van der Waals surface area contributed by atoms with E-state index in [-0.39, 0.29) is 11.1 Å². The molecule has 0 aliphatic heterocycles. The Morgan fingerprint density at radius 3 is 2.32 bits per heavy atom. The Balaban J connectivity index is 2.41. The van der Waals surface area contributed by atoms with E-state index in [0.717, 1.165) is 4.47 Å². The van der Waals surface area contributed by atoms with Crippen molar-refractivity contribution in [2.45, 2.75) is 0 Å². The fraction of sp³-hybridized carbons (Fsp3) is 0.0556. The lowest BCUT2D eigenvalue weighted by Crippen LogP contribution is -2.10. The fourth-order valence-corrected chi connectivity index (χ4v) is 2.41. The van der Waals surface area contributed by atoms with Crippen molar-refractivity contribution in [2.24, 2.45) is 0 Å². The predicted octanol–water partition coefficient (Wildman–Crippen LogP) is 3.67. The van der Waals surface area contributed by atoms with Crippen LogP contribution in [0.5, 0.6) is 5.75 Å². The molecule has 6 nitrogen and oxygen atoms in total. The molecular formula is C18H12BrNO5. The van der Waals surface area contributed by atoms with Crippen LogP contribution in [-0.2, 0) is 4.79 Å². The first kappa shape index (κ1) is 18.2. The molecule has 2 N–H and O–H groups in total. The summed E-state index contributed by atoms with van der Waals surface area (Å²) in [5.74, 6) is -1.84. The molecule has 0 aromatic heterocycles. The monoisotopic (exact) mass is 401 g/mol. The van der Waals surface area contributed by atoms with Crippen molar-refractivity contribution in [1.29, 1.82) is 5.26 Å². The topological polar surface area (TPSA) is 108 Å². The molecule has 0 fully saturated rings. The van der Waals surface area contributed by atoms with Gasteiger partial charge in [0, 0.05) is 10.0 Å². The number of carboxylic acid groups (broad SMARTS) is 2. The van der Waals surface area contributed by atoms with Gasteiger partial charge in [0.1, 0.15) is 5.75 Å². The van der Waals surface area contributed by atoms with Crippen molar-refractivity contribution in [3.8, 4) is 11.8 Å². The summed E-state index contributed by atoms with van der Waals surface area (Å²) in [6.45, 7) is -0.502. The number of carbonyl (C=O) groups is 2. The van der Waals surface area contributed by atoms with E-state index in [1.54, 1.807) is 24.3 Å². The van der Waals surface area contributed by atoms with Crippen LogP contribution in [0, 0.1) is 11.3 Å². The third-order valence-electron chi connectivity index (χ3n) is 3.19. The highest BCUT2D eigenvalue weighted by Gasteiger charge is 2.09. The number of aromatic carboxylic acids is 1. The molecule has 0 spiro atoms. The molecule has 2 aromatic rings. The zero-order valence-electron chi connectivity index (χ0n) is 12.8. The summed E-state index contributed by atoms with van der Waals surface area (Å²) in [4.78, 5) is 21.6. The Labute approximate surface area is 151 Å². The fourth-order valence-electron chi connectivity index (χ4n) is 2.03. The molecule has 0 radical (unpaired) electrons. The average molecular weight is 402 g/mol. The van der Waals surface area contributed by atoms with Crippen molar-refractivity contribution in [3.05, 3.63) is 63.6 Å². The van der Waals surface area contributed by atoms with Crippen LogP contribution in [0.25, 0.3) is 11.6 Å². The zero-order valence-corrected chi connectivity index (χ0v) is 14.4. The van der Waals surface area contributed by atoms with Gasteiger partial charge >= 0.3 is 11.9 Å². The Kier molecular flexibility index (Phi) is 5.93. The lowest BCUT2D eigenvalue weighted by molar-refractivity contribution is -0.139. The molecule has 7 heteroatoms. The first-order valence-corrected chi connectivity index (χ1v) is 7.79. The van der Waals surface area contributed by atoms with Crippen LogP contribution < -0.4 is 4.74 Å². The predicted molar refractivity (Wildman–Crippen MR) is 94.2 cm³/mol. The van der Waals surface area contributed by atoms with Crippen molar-refractivity contribution in [2.75, 3.05) is 6.61 Å². The molecular weight excluding hydrogens is 390 g/mol. The zero-order chi connectivity index (χ0) is 18.4. The molecule has 0 aliphatic carbocycles. The normalized spacial score (nSPS) is 10.8. The summed E-state index contributed by atoms with van der Waals surface area (Å²) in [6, 6.07) is 12.9. The summed E-state index contributed by atoms with van der Waals surface area (Å²) < 4.78 is 5.97. The van der Waals surface area contributed by atoms with Gasteiger partial charge in [0.2, 0.25) is 0 Å². The summed E-state index contributed by atoms with van der Waals surface area (Å²) >= 11 is 3.32. The van der Waals surface area contributed by atoms with Crippen molar-refractivity contribution in [1.82, 2.24) is 0 Å². The van der Waals surface area contributed by atoms with E-state index < -0.39 is 18.5 Å². The molecule has 0 unspecified atom stereocenters. The second-order valence-electron chi connectivity index (χ2n) is 4.92. The maximum atomic E-state index is 10.9. The van der Waals surface area contributed by atoms with Gasteiger partial charge in [-0.1, -0.05) is 28.1 Å². The van der Waals surface area contributed by atoms with Crippen LogP contribution >= 0.6 is 15.9 Å². The number of benzene rings is 2. The maximum absolute atomic E-state index is 10.9. The van der Waals surface area contributed by atoms with Crippen LogP contribution in [-0.4, -0.2) is 28.8 Å². The van der Waals surface area contributed by atoms with E-state index in [0.29, 0.717) is 16.9 Å². The first-order chi connectivity index (χ1) is 11.9. The Morgan fingerprint density at radius 1 is 1.12 bits per heavy atom. The van der Waals surface area contributed by atoms with E-state index in [1.807, 2.05) is 0 Å². The maximum Gasteiger partial charge on any atom is 0.341 e. The van der Waals surface area contributed by atoms with Gasteiger partial charge in [-0.25, -0.2) is 9.59 Å². The molecule has 25 heavy (non-hydrogen) atoms. The molecule has 0 saturated heterocycles. The van der Waals surface area contributed by atoms with Crippen molar-refractivity contribution < 1.29 is 24.5 Å². The minimum Gasteiger partial charge on any atom is -0.481 e. The first-order valence-electron chi connectivity index (χ1n) is 7.00. The van der Waals surface area contributed by atoms with Gasteiger partial charge in [-0.15, -0.1) is 0 Å². The molecule has 0 aliphatic rings. The molecule has 0 atom stereocenters. The number of hydrogen-bond acceptors (Lipinski definition) is 4. The number of ether oxygens (including phenoxy) is 1. The number of aliphatic carboxylic acids is 1. The van der Waals surface area contributed by atoms with Gasteiger partial charge in [-0.2, -0.15) is 5.26 Å². The van der Waals surface area contributed by atoms with Crippen molar-refractivity contribution >= 4 is 39.5 Å². The molecule has 2 aromatic carbocycles. The summed E-state index contributed by atoms with van der Waals surface area (Å²) in [5, 5.41) is 27.1. The number of halogens is 1. The van der Waals surface area contributed by atoms with E-state index in [9.17, 15) is 14.9 Å². The molecule has 0 amide bonds. The second-order valence-corrected chi connectivity index (χ2v) is 5.83. The summed E-state index contributed by atoms with van der Waals surface area (Å²) in [6.07, 6.45) is 1.55. The third kappa shape index (κ3) is 4.93. The van der Waals surface area contributed by atoms with Gasteiger partial charge in [0.25, 0.3) is 0 Å². The highest BCUT2D eigenvalue weighted by molar-refractivity contribution is 9.10. The number of allylic oxidation sites excluding steroid dienone is 1. The summed E-state index contributed by atoms with van der Waals surface area (Å²) in [5.41, 5.74) is 1.47.